The molecule has 0 saturated carbocycles. The number of anilines is 2. The molecule has 0 unspecified atom stereocenters. The lowest BCUT2D eigenvalue weighted by Gasteiger charge is -2.29. The van der Waals surface area contributed by atoms with Gasteiger partial charge in [-0.1, -0.05) is 11.6 Å². The second-order valence-corrected chi connectivity index (χ2v) is 7.06. The highest BCUT2D eigenvalue weighted by atomic mass is 79.9. The van der Waals surface area contributed by atoms with Crippen LogP contribution in [0.1, 0.15) is 10.4 Å². The number of carbonyl (C=O) groups is 1. The maximum atomic E-state index is 12.7. The second kappa shape index (κ2) is 5.91. The van der Waals surface area contributed by atoms with Crippen LogP contribution in [0.15, 0.2) is 45.8 Å². The standard InChI is InChI=1S/C15H12BrClN2OS/c16-11-3-1-9(7-12(11)17)15(20)19-5-6-21-14-4-2-10(18)8-13(14)19/h1-4,7-8H,5-6,18H2. The summed E-state index contributed by atoms with van der Waals surface area (Å²) >= 11 is 11.1. The minimum Gasteiger partial charge on any atom is -0.399 e. The molecule has 0 radical (unpaired) electrons. The summed E-state index contributed by atoms with van der Waals surface area (Å²) in [4.78, 5) is 15.6. The molecule has 0 aromatic heterocycles. The van der Waals surface area contributed by atoms with E-state index in [0.29, 0.717) is 22.8 Å². The van der Waals surface area contributed by atoms with E-state index >= 15 is 0 Å². The lowest BCUT2D eigenvalue weighted by Crippen LogP contribution is -2.35. The maximum Gasteiger partial charge on any atom is 0.258 e. The van der Waals surface area contributed by atoms with Crippen LogP contribution >= 0.6 is 39.3 Å². The van der Waals surface area contributed by atoms with Gasteiger partial charge in [-0.2, -0.15) is 0 Å². The third kappa shape index (κ3) is 2.91. The van der Waals surface area contributed by atoms with Crippen LogP contribution in [-0.2, 0) is 0 Å². The first kappa shape index (κ1) is 14.8. The van der Waals surface area contributed by atoms with Crippen LogP contribution in [0.4, 0.5) is 11.4 Å². The molecule has 0 bridgehead atoms. The van der Waals surface area contributed by atoms with E-state index in [2.05, 4.69) is 15.9 Å². The predicted molar refractivity (Wildman–Crippen MR) is 92.4 cm³/mol. The fraction of sp³-hybridized carbons (Fsp3) is 0.133. The number of nitrogens with two attached hydrogens (primary N) is 1. The average Bonchev–Trinajstić information content (AvgIpc) is 2.48. The van der Waals surface area contributed by atoms with Crippen molar-refractivity contribution in [3.8, 4) is 0 Å². The van der Waals surface area contributed by atoms with Crippen LogP contribution in [0.5, 0.6) is 0 Å². The van der Waals surface area contributed by atoms with E-state index in [0.717, 1.165) is 20.8 Å². The van der Waals surface area contributed by atoms with Crippen molar-refractivity contribution in [1.82, 2.24) is 0 Å². The van der Waals surface area contributed by atoms with Gasteiger partial charge in [-0.05, 0) is 52.3 Å². The molecule has 0 spiro atoms. The number of amides is 1. The van der Waals surface area contributed by atoms with Crippen molar-refractivity contribution in [3.05, 3.63) is 51.5 Å². The van der Waals surface area contributed by atoms with Gasteiger partial charge in [-0.15, -0.1) is 11.8 Å². The topological polar surface area (TPSA) is 46.3 Å². The highest BCUT2D eigenvalue weighted by Gasteiger charge is 2.24. The van der Waals surface area contributed by atoms with Gasteiger partial charge in [0, 0.05) is 32.9 Å². The van der Waals surface area contributed by atoms with Gasteiger partial charge in [-0.25, -0.2) is 0 Å². The van der Waals surface area contributed by atoms with Crippen LogP contribution in [0.2, 0.25) is 5.02 Å². The zero-order chi connectivity index (χ0) is 15.0. The van der Waals surface area contributed by atoms with E-state index in [9.17, 15) is 4.79 Å². The van der Waals surface area contributed by atoms with Crippen molar-refractivity contribution in [2.45, 2.75) is 4.90 Å². The highest BCUT2D eigenvalue weighted by Crippen LogP contribution is 2.37. The summed E-state index contributed by atoms with van der Waals surface area (Å²) < 4.78 is 0.777. The summed E-state index contributed by atoms with van der Waals surface area (Å²) in [7, 11) is 0. The van der Waals surface area contributed by atoms with Gasteiger partial charge in [0.25, 0.3) is 5.91 Å². The van der Waals surface area contributed by atoms with E-state index in [1.165, 1.54) is 0 Å². The molecule has 1 aliphatic heterocycles. The quantitative estimate of drug-likeness (QED) is 0.741. The minimum absolute atomic E-state index is 0.0587. The molecule has 0 atom stereocenters. The largest absolute Gasteiger partial charge is 0.399 e. The number of nitrogen functional groups attached to an aromatic ring is 1. The van der Waals surface area contributed by atoms with Gasteiger partial charge < -0.3 is 10.6 Å². The Hall–Kier alpha value is -1.17. The van der Waals surface area contributed by atoms with Gasteiger partial charge in [-0.3, -0.25) is 4.79 Å². The summed E-state index contributed by atoms with van der Waals surface area (Å²) in [5.41, 5.74) is 7.95. The van der Waals surface area contributed by atoms with Crippen molar-refractivity contribution >= 4 is 56.6 Å². The lowest BCUT2D eigenvalue weighted by molar-refractivity contribution is 0.0987. The molecule has 3 nitrogen and oxygen atoms in total. The molecule has 0 aliphatic carbocycles. The first-order valence-corrected chi connectivity index (χ1v) is 8.51. The maximum absolute atomic E-state index is 12.7. The number of nitrogens with zero attached hydrogens (tertiary/aromatic N) is 1. The van der Waals surface area contributed by atoms with E-state index in [4.69, 9.17) is 17.3 Å². The molecule has 6 heteroatoms. The van der Waals surface area contributed by atoms with Gasteiger partial charge in [0.1, 0.15) is 0 Å². The fourth-order valence-corrected chi connectivity index (χ4v) is 3.63. The SMILES string of the molecule is Nc1ccc2c(c1)N(C(=O)c1ccc(Br)c(Cl)c1)CCS2. The number of halogens is 2. The van der Waals surface area contributed by atoms with Gasteiger partial charge in [0.15, 0.2) is 0 Å². The summed E-state index contributed by atoms with van der Waals surface area (Å²) in [6, 6.07) is 10.9. The van der Waals surface area contributed by atoms with Gasteiger partial charge >= 0.3 is 0 Å². The number of hydrogen-bond donors (Lipinski definition) is 1. The van der Waals surface area contributed by atoms with Crippen molar-refractivity contribution in [2.75, 3.05) is 22.9 Å². The summed E-state index contributed by atoms with van der Waals surface area (Å²) in [5.74, 6) is 0.809. The fourth-order valence-electron chi connectivity index (χ4n) is 2.23. The smallest absolute Gasteiger partial charge is 0.258 e. The molecular formula is C15H12BrClN2OS. The van der Waals surface area contributed by atoms with Crippen molar-refractivity contribution in [3.63, 3.8) is 0 Å². The van der Waals surface area contributed by atoms with E-state index < -0.39 is 0 Å². The molecule has 2 aromatic carbocycles. The Morgan fingerprint density at radius 1 is 1.29 bits per heavy atom. The van der Waals surface area contributed by atoms with Gasteiger partial charge in [0.2, 0.25) is 0 Å². The van der Waals surface area contributed by atoms with E-state index in [-0.39, 0.29) is 5.91 Å². The number of rotatable bonds is 1. The lowest BCUT2D eigenvalue weighted by atomic mass is 10.1. The molecule has 1 aliphatic rings. The van der Waals surface area contributed by atoms with Crippen molar-refractivity contribution < 1.29 is 4.79 Å². The van der Waals surface area contributed by atoms with E-state index in [1.54, 1.807) is 34.9 Å². The number of benzene rings is 2. The average molecular weight is 384 g/mol. The molecule has 21 heavy (non-hydrogen) atoms. The second-order valence-electron chi connectivity index (χ2n) is 4.66. The molecular weight excluding hydrogens is 372 g/mol. The third-order valence-corrected chi connectivity index (χ3v) is 5.53. The summed E-state index contributed by atoms with van der Waals surface area (Å²) in [5, 5.41) is 0.528. The van der Waals surface area contributed by atoms with Crippen molar-refractivity contribution in [1.29, 1.82) is 0 Å². The minimum atomic E-state index is -0.0587. The van der Waals surface area contributed by atoms with Crippen LogP contribution < -0.4 is 10.6 Å². The Morgan fingerprint density at radius 2 is 2.10 bits per heavy atom. The highest BCUT2D eigenvalue weighted by molar-refractivity contribution is 9.10. The number of carbonyl (C=O) groups excluding carboxylic acids is 1. The van der Waals surface area contributed by atoms with Crippen LogP contribution in [0, 0.1) is 0 Å². The molecule has 2 aromatic rings. The molecule has 3 rings (SSSR count). The molecule has 0 fully saturated rings. The number of fused-ring (bicyclic) bond motifs is 1. The number of hydrogen-bond acceptors (Lipinski definition) is 3. The molecule has 1 heterocycles. The molecule has 108 valence electrons. The first-order valence-electron chi connectivity index (χ1n) is 6.35. The zero-order valence-electron chi connectivity index (χ0n) is 11.0. The Bertz CT molecular complexity index is 723. The van der Waals surface area contributed by atoms with Gasteiger partial charge in [0.05, 0.1) is 10.7 Å². The number of thioether (sulfide) groups is 1. The van der Waals surface area contributed by atoms with Crippen LogP contribution in [-0.4, -0.2) is 18.2 Å². The zero-order valence-corrected chi connectivity index (χ0v) is 14.1. The van der Waals surface area contributed by atoms with Crippen LogP contribution in [0.3, 0.4) is 0 Å². The summed E-state index contributed by atoms with van der Waals surface area (Å²) in [6.45, 7) is 0.660. The van der Waals surface area contributed by atoms with Crippen LogP contribution in [0.25, 0.3) is 0 Å². The summed E-state index contributed by atoms with van der Waals surface area (Å²) in [6.07, 6.45) is 0. The third-order valence-electron chi connectivity index (χ3n) is 3.26. The predicted octanol–water partition coefficient (Wildman–Crippen LogP) is 4.44. The molecule has 1 amide bonds. The molecule has 0 saturated heterocycles. The monoisotopic (exact) mass is 382 g/mol. The van der Waals surface area contributed by atoms with E-state index in [1.807, 2.05) is 18.2 Å². The Balaban J connectivity index is 1.99. The first-order chi connectivity index (χ1) is 10.1. The Morgan fingerprint density at radius 3 is 2.86 bits per heavy atom. The van der Waals surface area contributed by atoms with Crippen molar-refractivity contribution in [2.24, 2.45) is 0 Å². The normalized spacial score (nSPS) is 13.9. The Kier molecular flexibility index (Phi) is 4.15. The Labute approximate surface area is 140 Å². The molecule has 2 N–H and O–H groups in total.